The molecule has 0 radical (unpaired) electrons. The van der Waals surface area contributed by atoms with Gasteiger partial charge in [0, 0.05) is 38.6 Å². The third kappa shape index (κ3) is 3.20. The maximum absolute atomic E-state index is 12.2. The van der Waals surface area contributed by atoms with Crippen molar-refractivity contribution in [3.63, 3.8) is 0 Å². The van der Waals surface area contributed by atoms with Crippen molar-refractivity contribution in [2.45, 2.75) is 38.9 Å². The van der Waals surface area contributed by atoms with Crippen LogP contribution >= 0.6 is 0 Å². The Morgan fingerprint density at radius 2 is 2.21 bits per heavy atom. The third-order valence-corrected chi connectivity index (χ3v) is 4.69. The molecule has 2 atom stereocenters. The van der Waals surface area contributed by atoms with Gasteiger partial charge in [-0.3, -0.25) is 9.69 Å². The molecule has 0 unspecified atom stereocenters. The number of carbonyl (C=O) groups excluding carboxylic acids is 1. The molecule has 2 heterocycles. The summed E-state index contributed by atoms with van der Waals surface area (Å²) in [5.74, 6) is 0.0355. The SMILES string of the molecule is CNC(=O)[C@@H]1C[C@@H](N)CN1Cc1c(C)cc(C)cc1-n1cccn1. The first-order chi connectivity index (χ1) is 11.5. The van der Waals surface area contributed by atoms with Crippen LogP contribution in [0.1, 0.15) is 23.1 Å². The zero-order chi connectivity index (χ0) is 17.3. The van der Waals surface area contributed by atoms with E-state index in [0.717, 1.165) is 12.2 Å². The van der Waals surface area contributed by atoms with Crippen molar-refractivity contribution in [3.8, 4) is 5.69 Å². The van der Waals surface area contributed by atoms with Crippen molar-refractivity contribution < 1.29 is 4.79 Å². The molecule has 0 aliphatic carbocycles. The number of carbonyl (C=O) groups is 1. The standard InChI is InChI=1S/C18H25N5O/c1-12-7-13(2)15(16(8-12)23-6-4-5-21-23)11-22-10-14(19)9-17(22)18(24)20-3/h4-8,14,17H,9-11,19H2,1-3H3,(H,20,24)/t14-,17+/m1/s1. The van der Waals surface area contributed by atoms with Crippen LogP contribution in [0.3, 0.4) is 0 Å². The van der Waals surface area contributed by atoms with Gasteiger partial charge >= 0.3 is 0 Å². The molecule has 1 aliphatic heterocycles. The van der Waals surface area contributed by atoms with Gasteiger partial charge in [0.05, 0.1) is 11.7 Å². The van der Waals surface area contributed by atoms with Gasteiger partial charge in [0.2, 0.25) is 5.91 Å². The molecule has 3 rings (SSSR count). The lowest BCUT2D eigenvalue weighted by Gasteiger charge is -2.25. The van der Waals surface area contributed by atoms with Crippen LogP contribution in [0.25, 0.3) is 5.69 Å². The average molecular weight is 327 g/mol. The van der Waals surface area contributed by atoms with Crippen LogP contribution in [0.5, 0.6) is 0 Å². The number of likely N-dealkylation sites (tertiary alicyclic amines) is 1. The Morgan fingerprint density at radius 3 is 2.88 bits per heavy atom. The third-order valence-electron chi connectivity index (χ3n) is 4.69. The maximum Gasteiger partial charge on any atom is 0.237 e. The Hall–Kier alpha value is -2.18. The highest BCUT2D eigenvalue weighted by Crippen LogP contribution is 2.26. The minimum atomic E-state index is -0.170. The molecular formula is C18H25N5O. The summed E-state index contributed by atoms with van der Waals surface area (Å²) in [5, 5.41) is 7.14. The van der Waals surface area contributed by atoms with Gasteiger partial charge in [-0.15, -0.1) is 0 Å². The molecule has 0 saturated carbocycles. The lowest BCUT2D eigenvalue weighted by Crippen LogP contribution is -2.41. The molecule has 1 aromatic carbocycles. The second-order valence-corrected chi connectivity index (χ2v) is 6.59. The van der Waals surface area contributed by atoms with Crippen molar-refractivity contribution in [2.75, 3.05) is 13.6 Å². The van der Waals surface area contributed by atoms with Crippen molar-refractivity contribution in [2.24, 2.45) is 5.73 Å². The van der Waals surface area contributed by atoms with Gasteiger partial charge in [0.25, 0.3) is 0 Å². The van der Waals surface area contributed by atoms with Crippen LogP contribution in [0.15, 0.2) is 30.6 Å². The Kier molecular flexibility index (Phi) is 4.69. The summed E-state index contributed by atoms with van der Waals surface area (Å²) >= 11 is 0. The Morgan fingerprint density at radius 1 is 1.42 bits per heavy atom. The monoisotopic (exact) mass is 327 g/mol. The molecule has 128 valence electrons. The summed E-state index contributed by atoms with van der Waals surface area (Å²) < 4.78 is 1.89. The highest BCUT2D eigenvalue weighted by molar-refractivity contribution is 5.81. The quantitative estimate of drug-likeness (QED) is 0.883. The topological polar surface area (TPSA) is 76.2 Å². The van der Waals surface area contributed by atoms with Gasteiger partial charge in [0.1, 0.15) is 0 Å². The van der Waals surface area contributed by atoms with Crippen molar-refractivity contribution >= 4 is 5.91 Å². The molecule has 6 nitrogen and oxygen atoms in total. The average Bonchev–Trinajstić information content (AvgIpc) is 3.18. The van der Waals surface area contributed by atoms with E-state index in [1.807, 2.05) is 16.9 Å². The predicted molar refractivity (Wildman–Crippen MR) is 93.9 cm³/mol. The normalized spacial score (nSPS) is 21.2. The zero-order valence-corrected chi connectivity index (χ0v) is 14.5. The van der Waals surface area contributed by atoms with E-state index >= 15 is 0 Å². The summed E-state index contributed by atoms with van der Waals surface area (Å²) in [4.78, 5) is 14.4. The van der Waals surface area contributed by atoms with E-state index in [1.54, 1.807) is 13.2 Å². The van der Waals surface area contributed by atoms with Crippen LogP contribution in [0.4, 0.5) is 0 Å². The van der Waals surface area contributed by atoms with E-state index in [1.165, 1.54) is 16.7 Å². The smallest absolute Gasteiger partial charge is 0.237 e. The predicted octanol–water partition coefficient (Wildman–Crippen LogP) is 1.14. The number of benzene rings is 1. The highest BCUT2D eigenvalue weighted by Gasteiger charge is 2.35. The number of hydrogen-bond donors (Lipinski definition) is 2. The lowest BCUT2D eigenvalue weighted by atomic mass is 10.0. The van der Waals surface area contributed by atoms with Gasteiger partial charge in [-0.05, 0) is 49.1 Å². The minimum absolute atomic E-state index is 0.0335. The molecule has 1 aliphatic rings. The van der Waals surface area contributed by atoms with Gasteiger partial charge in [-0.1, -0.05) is 6.07 Å². The number of likely N-dealkylation sites (N-methyl/N-ethyl adjacent to an activating group) is 1. The molecule has 0 bridgehead atoms. The van der Waals surface area contributed by atoms with Crippen LogP contribution in [-0.2, 0) is 11.3 Å². The van der Waals surface area contributed by atoms with E-state index < -0.39 is 0 Å². The van der Waals surface area contributed by atoms with E-state index in [4.69, 9.17) is 5.73 Å². The minimum Gasteiger partial charge on any atom is -0.358 e. The number of nitrogens with zero attached hydrogens (tertiary/aromatic N) is 3. The summed E-state index contributed by atoms with van der Waals surface area (Å²) in [6.45, 7) is 5.61. The molecule has 0 spiro atoms. The first-order valence-electron chi connectivity index (χ1n) is 8.31. The van der Waals surface area contributed by atoms with Crippen molar-refractivity contribution in [1.82, 2.24) is 20.0 Å². The first-order valence-corrected chi connectivity index (χ1v) is 8.31. The van der Waals surface area contributed by atoms with Gasteiger partial charge in [0.15, 0.2) is 0 Å². The molecule has 24 heavy (non-hydrogen) atoms. The molecule has 6 heteroatoms. The number of nitrogens with one attached hydrogen (secondary N) is 1. The second-order valence-electron chi connectivity index (χ2n) is 6.59. The van der Waals surface area contributed by atoms with Crippen LogP contribution in [0.2, 0.25) is 0 Å². The van der Waals surface area contributed by atoms with E-state index in [2.05, 4.69) is 41.3 Å². The highest BCUT2D eigenvalue weighted by atomic mass is 16.2. The molecule has 1 saturated heterocycles. The van der Waals surface area contributed by atoms with Gasteiger partial charge < -0.3 is 11.1 Å². The number of aryl methyl sites for hydroxylation is 2. The summed E-state index contributed by atoms with van der Waals surface area (Å²) in [7, 11) is 1.68. The molecule has 2 aromatic rings. The molecule has 1 fully saturated rings. The Bertz CT molecular complexity index is 725. The first kappa shape index (κ1) is 16.7. The summed E-state index contributed by atoms with van der Waals surface area (Å²) in [6, 6.07) is 6.09. The number of nitrogens with two attached hydrogens (primary N) is 1. The van der Waals surface area contributed by atoms with Crippen LogP contribution in [0, 0.1) is 13.8 Å². The fraction of sp³-hybridized carbons (Fsp3) is 0.444. The second kappa shape index (κ2) is 6.75. The van der Waals surface area contributed by atoms with Crippen molar-refractivity contribution in [3.05, 3.63) is 47.3 Å². The van der Waals surface area contributed by atoms with E-state index in [0.29, 0.717) is 13.0 Å². The zero-order valence-electron chi connectivity index (χ0n) is 14.5. The Labute approximate surface area is 142 Å². The number of rotatable bonds is 4. The number of amides is 1. The van der Waals surface area contributed by atoms with Gasteiger partial charge in [-0.2, -0.15) is 5.10 Å². The lowest BCUT2D eigenvalue weighted by molar-refractivity contribution is -0.125. The largest absolute Gasteiger partial charge is 0.358 e. The van der Waals surface area contributed by atoms with Crippen molar-refractivity contribution in [1.29, 1.82) is 0 Å². The molecular weight excluding hydrogens is 302 g/mol. The summed E-state index contributed by atoms with van der Waals surface area (Å²) in [5.41, 5.74) is 10.8. The number of aromatic nitrogens is 2. The fourth-order valence-corrected chi connectivity index (χ4v) is 3.55. The van der Waals surface area contributed by atoms with Crippen LogP contribution < -0.4 is 11.1 Å². The molecule has 1 amide bonds. The Balaban J connectivity index is 1.96. The molecule has 1 aromatic heterocycles. The fourth-order valence-electron chi connectivity index (χ4n) is 3.55. The van der Waals surface area contributed by atoms with Crippen LogP contribution in [-0.4, -0.2) is 46.3 Å². The maximum atomic E-state index is 12.2. The number of hydrogen-bond acceptors (Lipinski definition) is 4. The molecule has 3 N–H and O–H groups in total. The van der Waals surface area contributed by atoms with E-state index in [-0.39, 0.29) is 18.0 Å². The summed E-state index contributed by atoms with van der Waals surface area (Å²) in [6.07, 6.45) is 4.42. The van der Waals surface area contributed by atoms with E-state index in [9.17, 15) is 4.79 Å². The van der Waals surface area contributed by atoms with Gasteiger partial charge in [-0.25, -0.2) is 4.68 Å².